The van der Waals surface area contributed by atoms with Gasteiger partial charge in [0, 0.05) is 19.0 Å². The molecule has 1 heterocycles. The molecular formula is C18H16F3N3O2. The number of nitrogens with zero attached hydrogens (tertiary/aromatic N) is 2. The summed E-state index contributed by atoms with van der Waals surface area (Å²) >= 11 is 0. The number of benzene rings is 2. The fraction of sp³-hybridized carbons (Fsp3) is 0.222. The summed E-state index contributed by atoms with van der Waals surface area (Å²) in [6.07, 6.45) is -4.73. The molecule has 8 heteroatoms. The van der Waals surface area contributed by atoms with Gasteiger partial charge in [-0.2, -0.15) is 5.10 Å². The van der Waals surface area contributed by atoms with Crippen LogP contribution in [-0.2, 0) is 6.54 Å². The van der Waals surface area contributed by atoms with Gasteiger partial charge in [-0.05, 0) is 36.8 Å². The third-order valence-corrected chi connectivity index (χ3v) is 3.84. The molecule has 1 amide bonds. The van der Waals surface area contributed by atoms with Crippen LogP contribution in [0.15, 0.2) is 42.5 Å². The second-order valence-corrected chi connectivity index (χ2v) is 5.97. The lowest BCUT2D eigenvalue weighted by molar-refractivity contribution is -0.274. The summed E-state index contributed by atoms with van der Waals surface area (Å²) in [6.45, 7) is 2.15. The molecule has 2 aromatic carbocycles. The number of aromatic nitrogens is 2. The quantitative estimate of drug-likeness (QED) is 0.761. The van der Waals surface area contributed by atoms with Crippen molar-refractivity contribution in [2.75, 3.05) is 7.05 Å². The average Bonchev–Trinajstić information content (AvgIpc) is 2.97. The number of aryl methyl sites for hydroxylation is 1. The fourth-order valence-electron chi connectivity index (χ4n) is 2.61. The minimum Gasteiger partial charge on any atom is -0.406 e. The minimum atomic E-state index is -4.73. The van der Waals surface area contributed by atoms with E-state index in [1.54, 1.807) is 7.05 Å². The molecule has 26 heavy (non-hydrogen) atoms. The van der Waals surface area contributed by atoms with Crippen molar-refractivity contribution >= 4 is 16.8 Å². The smallest absolute Gasteiger partial charge is 0.406 e. The molecule has 0 bridgehead atoms. The average molecular weight is 363 g/mol. The summed E-state index contributed by atoms with van der Waals surface area (Å²) in [5, 5.41) is 7.65. The highest BCUT2D eigenvalue weighted by molar-refractivity contribution is 6.04. The predicted molar refractivity (Wildman–Crippen MR) is 89.8 cm³/mol. The van der Waals surface area contributed by atoms with Gasteiger partial charge in [0.25, 0.3) is 5.91 Å². The maximum absolute atomic E-state index is 12.7. The number of amides is 1. The van der Waals surface area contributed by atoms with E-state index in [1.165, 1.54) is 29.2 Å². The number of fused-ring (bicyclic) bond motifs is 1. The number of nitrogens with one attached hydrogen (secondary N) is 1. The SMILES string of the molecule is Cc1ccc2[nH]nc(C(=O)N(C)Cc3ccc(OC(F)(F)F)cc3)c2c1. The third kappa shape index (κ3) is 3.96. The van der Waals surface area contributed by atoms with Gasteiger partial charge >= 0.3 is 6.36 Å². The topological polar surface area (TPSA) is 58.2 Å². The summed E-state index contributed by atoms with van der Waals surface area (Å²) in [7, 11) is 1.61. The highest BCUT2D eigenvalue weighted by atomic mass is 19.4. The van der Waals surface area contributed by atoms with Gasteiger partial charge in [-0.3, -0.25) is 9.89 Å². The van der Waals surface area contributed by atoms with Crippen molar-refractivity contribution in [2.24, 2.45) is 0 Å². The number of carbonyl (C=O) groups is 1. The zero-order chi connectivity index (χ0) is 18.9. The number of H-pyrrole nitrogens is 1. The fourth-order valence-corrected chi connectivity index (χ4v) is 2.61. The molecule has 1 aromatic heterocycles. The Bertz CT molecular complexity index is 933. The van der Waals surface area contributed by atoms with Crippen LogP contribution in [0.1, 0.15) is 21.6 Å². The summed E-state index contributed by atoms with van der Waals surface area (Å²) in [5.74, 6) is -0.582. The summed E-state index contributed by atoms with van der Waals surface area (Å²) in [5.41, 5.74) is 2.76. The van der Waals surface area contributed by atoms with E-state index in [4.69, 9.17) is 0 Å². The van der Waals surface area contributed by atoms with E-state index in [0.717, 1.165) is 16.5 Å². The van der Waals surface area contributed by atoms with Crippen LogP contribution in [0.2, 0.25) is 0 Å². The van der Waals surface area contributed by atoms with Gasteiger partial charge in [-0.15, -0.1) is 13.2 Å². The van der Waals surface area contributed by atoms with Crippen LogP contribution in [0.4, 0.5) is 13.2 Å². The Kier molecular flexibility index (Phi) is 4.58. The molecule has 0 aliphatic carbocycles. The van der Waals surface area contributed by atoms with Gasteiger partial charge in [0.2, 0.25) is 0 Å². The van der Waals surface area contributed by atoms with Crippen LogP contribution in [0.25, 0.3) is 10.9 Å². The van der Waals surface area contributed by atoms with Crippen LogP contribution in [0, 0.1) is 6.92 Å². The third-order valence-electron chi connectivity index (χ3n) is 3.84. The predicted octanol–water partition coefficient (Wildman–Crippen LogP) is 4.04. The lowest BCUT2D eigenvalue weighted by Crippen LogP contribution is -2.26. The van der Waals surface area contributed by atoms with Gasteiger partial charge in [-0.25, -0.2) is 0 Å². The zero-order valence-corrected chi connectivity index (χ0v) is 14.1. The number of hydrogen-bond acceptors (Lipinski definition) is 3. The molecule has 0 atom stereocenters. The largest absolute Gasteiger partial charge is 0.573 e. The number of halogens is 3. The molecule has 0 aliphatic heterocycles. The first-order valence-corrected chi connectivity index (χ1v) is 7.78. The normalized spacial score (nSPS) is 11.6. The number of alkyl halides is 3. The molecule has 0 aliphatic rings. The zero-order valence-electron chi connectivity index (χ0n) is 14.1. The van der Waals surface area contributed by atoms with Crippen LogP contribution >= 0.6 is 0 Å². The number of ether oxygens (including phenoxy) is 1. The van der Waals surface area contributed by atoms with Crippen LogP contribution in [-0.4, -0.2) is 34.4 Å². The van der Waals surface area contributed by atoms with E-state index in [0.29, 0.717) is 11.3 Å². The van der Waals surface area contributed by atoms with Crippen molar-refractivity contribution in [2.45, 2.75) is 19.8 Å². The van der Waals surface area contributed by atoms with Gasteiger partial charge < -0.3 is 9.64 Å². The van der Waals surface area contributed by atoms with Gasteiger partial charge in [0.1, 0.15) is 5.75 Å². The van der Waals surface area contributed by atoms with Crippen molar-refractivity contribution in [1.82, 2.24) is 15.1 Å². The second kappa shape index (κ2) is 6.70. The number of hydrogen-bond donors (Lipinski definition) is 1. The van der Waals surface area contributed by atoms with E-state index >= 15 is 0 Å². The maximum atomic E-state index is 12.7. The Morgan fingerprint density at radius 2 is 1.88 bits per heavy atom. The first-order chi connectivity index (χ1) is 12.2. The van der Waals surface area contributed by atoms with Crippen molar-refractivity contribution in [3.05, 3.63) is 59.3 Å². The molecule has 0 spiro atoms. The Morgan fingerprint density at radius 3 is 2.54 bits per heavy atom. The molecule has 0 fully saturated rings. The monoisotopic (exact) mass is 363 g/mol. The standard InChI is InChI=1S/C18H16F3N3O2/c1-11-3-8-15-14(9-11)16(23-22-15)17(25)24(2)10-12-4-6-13(7-5-12)26-18(19,20)21/h3-9H,10H2,1-2H3,(H,22,23). The van der Waals surface area contributed by atoms with Crippen LogP contribution < -0.4 is 4.74 Å². The molecular weight excluding hydrogens is 347 g/mol. The highest BCUT2D eigenvalue weighted by Crippen LogP contribution is 2.23. The Balaban J connectivity index is 1.73. The summed E-state index contributed by atoms with van der Waals surface area (Å²) in [4.78, 5) is 14.1. The Labute approximate surface area is 147 Å². The van der Waals surface area contributed by atoms with Gasteiger partial charge in [0.15, 0.2) is 5.69 Å². The van der Waals surface area contributed by atoms with E-state index in [1.807, 2.05) is 25.1 Å². The number of carbonyl (C=O) groups excluding carboxylic acids is 1. The molecule has 1 N–H and O–H groups in total. The van der Waals surface area contributed by atoms with Crippen molar-refractivity contribution in [1.29, 1.82) is 0 Å². The van der Waals surface area contributed by atoms with E-state index < -0.39 is 6.36 Å². The Hall–Kier alpha value is -3.03. The van der Waals surface area contributed by atoms with E-state index in [9.17, 15) is 18.0 Å². The lowest BCUT2D eigenvalue weighted by Gasteiger charge is -2.17. The molecule has 0 radical (unpaired) electrons. The first-order valence-electron chi connectivity index (χ1n) is 7.78. The molecule has 5 nitrogen and oxygen atoms in total. The van der Waals surface area contributed by atoms with Crippen LogP contribution in [0.5, 0.6) is 5.75 Å². The molecule has 3 rings (SSSR count). The van der Waals surface area contributed by atoms with Crippen molar-refractivity contribution in [3.8, 4) is 5.75 Å². The number of aromatic amines is 1. The second-order valence-electron chi connectivity index (χ2n) is 5.97. The maximum Gasteiger partial charge on any atom is 0.573 e. The molecule has 0 saturated heterocycles. The van der Waals surface area contributed by atoms with E-state index in [-0.39, 0.29) is 18.2 Å². The first kappa shape index (κ1) is 17.8. The Morgan fingerprint density at radius 1 is 1.19 bits per heavy atom. The van der Waals surface area contributed by atoms with Crippen LogP contribution in [0.3, 0.4) is 0 Å². The molecule has 3 aromatic rings. The summed E-state index contributed by atoms with van der Waals surface area (Å²) < 4.78 is 40.4. The van der Waals surface area contributed by atoms with Crippen molar-refractivity contribution < 1.29 is 22.7 Å². The van der Waals surface area contributed by atoms with E-state index in [2.05, 4.69) is 14.9 Å². The van der Waals surface area contributed by atoms with Gasteiger partial charge in [-0.1, -0.05) is 23.8 Å². The molecule has 136 valence electrons. The molecule has 0 saturated carbocycles. The minimum absolute atomic E-state index is 0.227. The highest BCUT2D eigenvalue weighted by Gasteiger charge is 2.31. The summed E-state index contributed by atoms with van der Waals surface area (Å²) in [6, 6.07) is 11.1. The molecule has 0 unspecified atom stereocenters. The van der Waals surface area contributed by atoms with Gasteiger partial charge in [0.05, 0.1) is 5.52 Å². The lowest BCUT2D eigenvalue weighted by atomic mass is 10.1. The van der Waals surface area contributed by atoms with Crippen molar-refractivity contribution in [3.63, 3.8) is 0 Å². The number of rotatable bonds is 4.